The van der Waals surface area contributed by atoms with Gasteiger partial charge in [0, 0.05) is 13.2 Å². The van der Waals surface area contributed by atoms with Crippen molar-refractivity contribution in [3.8, 4) is 0 Å². The summed E-state index contributed by atoms with van der Waals surface area (Å²) in [6.07, 6.45) is 2.94. The van der Waals surface area contributed by atoms with Crippen LogP contribution in [0.4, 0.5) is 4.79 Å². The van der Waals surface area contributed by atoms with Crippen molar-refractivity contribution in [3.05, 3.63) is 24.3 Å². The quantitative estimate of drug-likeness (QED) is 0.779. The van der Waals surface area contributed by atoms with Gasteiger partial charge in [-0.1, -0.05) is 0 Å². The van der Waals surface area contributed by atoms with Gasteiger partial charge in [-0.2, -0.15) is 0 Å². The lowest BCUT2D eigenvalue weighted by Gasteiger charge is -2.34. The number of aldehydes is 1. The fourth-order valence-corrected chi connectivity index (χ4v) is 1.42. The lowest BCUT2D eigenvalue weighted by Crippen LogP contribution is -2.48. The van der Waals surface area contributed by atoms with Gasteiger partial charge in [0.25, 0.3) is 0 Å². The average Bonchev–Trinajstić information content (AvgIpc) is 2.36. The predicted octanol–water partition coefficient (Wildman–Crippen LogP) is 1.76. The zero-order chi connectivity index (χ0) is 14.7. The molecule has 1 heterocycles. The summed E-state index contributed by atoms with van der Waals surface area (Å²) in [5.74, 6) is 0. The van der Waals surface area contributed by atoms with Crippen LogP contribution in [0.15, 0.2) is 18.6 Å². The number of hydrogen-bond donors (Lipinski definition) is 0. The van der Waals surface area contributed by atoms with Gasteiger partial charge in [-0.3, -0.25) is 4.90 Å². The van der Waals surface area contributed by atoms with Crippen molar-refractivity contribution in [1.29, 1.82) is 0 Å². The van der Waals surface area contributed by atoms with E-state index in [1.54, 1.807) is 33.8 Å². The Morgan fingerprint density at radius 2 is 2.00 bits per heavy atom. The average molecular weight is 265 g/mol. The Bertz CT molecular complexity index is 456. The molecule has 0 aliphatic rings. The molecule has 1 aromatic heterocycles. The van der Waals surface area contributed by atoms with Crippen LogP contribution in [0.25, 0.3) is 0 Å². The first-order chi connectivity index (χ1) is 8.70. The molecule has 0 aliphatic heterocycles. The van der Waals surface area contributed by atoms with E-state index in [2.05, 4.69) is 9.97 Å². The summed E-state index contributed by atoms with van der Waals surface area (Å²) in [6, 6.07) is 1.59. The second-order valence-corrected chi connectivity index (χ2v) is 5.40. The molecule has 1 unspecified atom stereocenters. The molecule has 1 atom stereocenters. The normalized spacial score (nSPS) is 14.4. The van der Waals surface area contributed by atoms with Crippen LogP contribution < -0.4 is 0 Å². The summed E-state index contributed by atoms with van der Waals surface area (Å²) < 4.78 is 5.25. The monoisotopic (exact) mass is 265 g/mol. The fraction of sp³-hybridized carbons (Fsp3) is 0.538. The summed E-state index contributed by atoms with van der Waals surface area (Å²) >= 11 is 0. The number of nitrogens with zero attached hydrogens (tertiary/aromatic N) is 3. The number of likely N-dealkylation sites (N-methyl/N-ethyl adjacent to an activating group) is 1. The lowest BCUT2D eigenvalue weighted by molar-refractivity contribution is -0.117. The van der Waals surface area contributed by atoms with Gasteiger partial charge >= 0.3 is 6.09 Å². The Balaban J connectivity index is 3.03. The van der Waals surface area contributed by atoms with Crippen LogP contribution in [0.3, 0.4) is 0 Å². The Labute approximate surface area is 112 Å². The topological polar surface area (TPSA) is 72.4 Å². The maximum absolute atomic E-state index is 12.0. The molecule has 19 heavy (non-hydrogen) atoms. The molecular formula is C13H19N3O3. The molecular weight excluding hydrogens is 246 g/mol. The van der Waals surface area contributed by atoms with E-state index >= 15 is 0 Å². The summed E-state index contributed by atoms with van der Waals surface area (Å²) in [6.45, 7) is 6.90. The second-order valence-electron chi connectivity index (χ2n) is 5.40. The molecule has 0 fully saturated rings. The third-order valence-corrected chi connectivity index (χ3v) is 2.69. The molecule has 104 valence electrons. The minimum atomic E-state index is -1.19. The summed E-state index contributed by atoms with van der Waals surface area (Å²) in [7, 11) is 1.50. The van der Waals surface area contributed by atoms with Crippen molar-refractivity contribution >= 4 is 12.4 Å². The van der Waals surface area contributed by atoms with Crippen molar-refractivity contribution in [2.75, 3.05) is 7.05 Å². The Morgan fingerprint density at radius 1 is 1.37 bits per heavy atom. The number of aromatic nitrogens is 2. The number of rotatable bonds is 3. The fourth-order valence-electron chi connectivity index (χ4n) is 1.42. The highest BCUT2D eigenvalue weighted by molar-refractivity contribution is 5.77. The molecule has 0 radical (unpaired) electrons. The van der Waals surface area contributed by atoms with Gasteiger partial charge < -0.3 is 9.53 Å². The maximum atomic E-state index is 12.0. The molecule has 6 nitrogen and oxygen atoms in total. The van der Waals surface area contributed by atoms with Crippen molar-refractivity contribution in [1.82, 2.24) is 14.9 Å². The third-order valence-electron chi connectivity index (χ3n) is 2.69. The standard InChI is InChI=1S/C13H19N3O3/c1-12(2,3)19-11(18)16(5)13(4,8-17)10-6-7-14-9-15-10/h6-9H,1-5H3. The van der Waals surface area contributed by atoms with Crippen LogP contribution in [0.1, 0.15) is 33.4 Å². The summed E-state index contributed by atoms with van der Waals surface area (Å²) in [5, 5.41) is 0. The van der Waals surface area contributed by atoms with Gasteiger partial charge in [0.05, 0.1) is 5.69 Å². The first-order valence-electron chi connectivity index (χ1n) is 5.90. The highest BCUT2D eigenvalue weighted by Gasteiger charge is 2.37. The van der Waals surface area contributed by atoms with Crippen LogP contribution in [0, 0.1) is 0 Å². The Morgan fingerprint density at radius 3 is 2.42 bits per heavy atom. The number of ether oxygens (including phenoxy) is 1. The van der Waals surface area contributed by atoms with E-state index in [9.17, 15) is 9.59 Å². The smallest absolute Gasteiger partial charge is 0.411 e. The number of carbonyl (C=O) groups excluding carboxylic acids is 2. The van der Waals surface area contributed by atoms with E-state index in [1.165, 1.54) is 24.5 Å². The minimum Gasteiger partial charge on any atom is -0.444 e. The van der Waals surface area contributed by atoms with E-state index in [4.69, 9.17) is 4.74 Å². The number of hydrogen-bond acceptors (Lipinski definition) is 5. The highest BCUT2D eigenvalue weighted by Crippen LogP contribution is 2.24. The minimum absolute atomic E-state index is 0.436. The van der Waals surface area contributed by atoms with E-state index < -0.39 is 17.2 Å². The van der Waals surface area contributed by atoms with Gasteiger partial charge in [-0.25, -0.2) is 14.8 Å². The summed E-state index contributed by atoms with van der Waals surface area (Å²) in [5.41, 5.74) is -1.38. The first kappa shape index (κ1) is 15.1. The van der Waals surface area contributed by atoms with Crippen molar-refractivity contribution < 1.29 is 14.3 Å². The Hall–Kier alpha value is -1.98. The Kier molecular flexibility index (Phi) is 4.24. The molecule has 1 amide bonds. The molecule has 0 aromatic carbocycles. The van der Waals surface area contributed by atoms with Gasteiger partial charge in [-0.15, -0.1) is 0 Å². The first-order valence-corrected chi connectivity index (χ1v) is 5.90. The zero-order valence-corrected chi connectivity index (χ0v) is 11.9. The van der Waals surface area contributed by atoms with E-state index in [0.29, 0.717) is 12.0 Å². The molecule has 1 aromatic rings. The second kappa shape index (κ2) is 5.34. The van der Waals surface area contributed by atoms with Crippen LogP contribution in [-0.2, 0) is 15.1 Å². The molecule has 1 rings (SSSR count). The van der Waals surface area contributed by atoms with Crippen LogP contribution >= 0.6 is 0 Å². The molecule has 0 saturated carbocycles. The maximum Gasteiger partial charge on any atom is 0.411 e. The highest BCUT2D eigenvalue weighted by atomic mass is 16.6. The van der Waals surface area contributed by atoms with Crippen molar-refractivity contribution in [3.63, 3.8) is 0 Å². The zero-order valence-electron chi connectivity index (χ0n) is 11.9. The third kappa shape index (κ3) is 3.49. The van der Waals surface area contributed by atoms with Crippen LogP contribution in [-0.4, -0.2) is 39.9 Å². The van der Waals surface area contributed by atoms with E-state index in [-0.39, 0.29) is 0 Å². The predicted molar refractivity (Wildman–Crippen MR) is 69.4 cm³/mol. The SMILES string of the molecule is CN(C(=O)OC(C)(C)C)C(C)(C=O)c1ccncn1. The number of carbonyl (C=O) groups is 2. The summed E-state index contributed by atoms with van der Waals surface area (Å²) in [4.78, 5) is 32.5. The van der Waals surface area contributed by atoms with E-state index in [1.807, 2.05) is 0 Å². The molecule has 0 N–H and O–H groups in total. The van der Waals surface area contributed by atoms with Gasteiger partial charge in [0.2, 0.25) is 0 Å². The molecule has 0 bridgehead atoms. The van der Waals surface area contributed by atoms with Crippen molar-refractivity contribution in [2.45, 2.75) is 38.8 Å². The molecule has 0 spiro atoms. The van der Waals surface area contributed by atoms with Gasteiger partial charge in [0.1, 0.15) is 17.5 Å². The molecule has 0 saturated heterocycles. The van der Waals surface area contributed by atoms with Crippen molar-refractivity contribution in [2.24, 2.45) is 0 Å². The lowest BCUT2D eigenvalue weighted by atomic mass is 9.98. The van der Waals surface area contributed by atoms with Crippen LogP contribution in [0.2, 0.25) is 0 Å². The van der Waals surface area contributed by atoms with Crippen LogP contribution in [0.5, 0.6) is 0 Å². The molecule has 0 aliphatic carbocycles. The molecule has 6 heteroatoms. The van der Waals surface area contributed by atoms with Gasteiger partial charge in [-0.05, 0) is 33.8 Å². The number of amides is 1. The largest absolute Gasteiger partial charge is 0.444 e. The van der Waals surface area contributed by atoms with Gasteiger partial charge in [0.15, 0.2) is 6.29 Å². The van der Waals surface area contributed by atoms with E-state index in [0.717, 1.165) is 0 Å².